The fourth-order valence-electron chi connectivity index (χ4n) is 1.43. The van der Waals surface area contributed by atoms with E-state index < -0.39 is 24.4 Å². The fraction of sp³-hybridized carbons (Fsp3) is 0.875. The third-order valence-electron chi connectivity index (χ3n) is 2.13. The average molecular weight is 190 g/mol. The van der Waals surface area contributed by atoms with Crippen LogP contribution in [0, 0.1) is 0 Å². The zero-order valence-electron chi connectivity index (χ0n) is 7.38. The monoisotopic (exact) mass is 190 g/mol. The number of rotatable bonds is 3. The molecule has 0 aromatic heterocycles. The van der Waals surface area contributed by atoms with Crippen LogP contribution in [-0.2, 0) is 9.53 Å². The molecule has 0 radical (unpaired) electrons. The van der Waals surface area contributed by atoms with E-state index >= 15 is 0 Å². The molecular formula is C8H14O5. The van der Waals surface area contributed by atoms with Gasteiger partial charge in [0.2, 0.25) is 0 Å². The molecule has 1 heterocycles. The summed E-state index contributed by atoms with van der Waals surface area (Å²) >= 11 is 0. The van der Waals surface area contributed by atoms with E-state index in [1.807, 2.05) is 0 Å². The lowest BCUT2D eigenvalue weighted by Gasteiger charge is -2.11. The number of ether oxygens (including phenoxy) is 1. The van der Waals surface area contributed by atoms with E-state index in [4.69, 9.17) is 9.84 Å². The molecule has 1 aliphatic heterocycles. The molecule has 0 spiro atoms. The summed E-state index contributed by atoms with van der Waals surface area (Å²) in [6.07, 6.45) is -3.59. The average Bonchev–Trinajstić information content (AvgIpc) is 2.32. The summed E-state index contributed by atoms with van der Waals surface area (Å²) in [5.41, 5.74) is 0. The maximum Gasteiger partial charge on any atom is 0.132 e. The maximum atomic E-state index is 10.7. The van der Waals surface area contributed by atoms with Gasteiger partial charge in [-0.2, -0.15) is 0 Å². The number of Topliss-reactive ketones (excluding diaryl/α,β-unsaturated/α-hetero) is 1. The molecule has 1 fully saturated rings. The van der Waals surface area contributed by atoms with Crippen LogP contribution >= 0.6 is 0 Å². The molecule has 0 unspecified atom stereocenters. The van der Waals surface area contributed by atoms with Gasteiger partial charge in [-0.05, 0) is 6.92 Å². The minimum Gasteiger partial charge on any atom is -0.394 e. The summed E-state index contributed by atoms with van der Waals surface area (Å²) in [7, 11) is 0. The van der Waals surface area contributed by atoms with Gasteiger partial charge in [0.25, 0.3) is 0 Å². The van der Waals surface area contributed by atoms with Crippen LogP contribution in [-0.4, -0.2) is 52.1 Å². The van der Waals surface area contributed by atoms with Crippen LogP contribution in [0.2, 0.25) is 0 Å². The first kappa shape index (κ1) is 10.6. The van der Waals surface area contributed by atoms with Crippen molar-refractivity contribution in [3.05, 3.63) is 0 Å². The zero-order chi connectivity index (χ0) is 10.0. The smallest absolute Gasteiger partial charge is 0.132 e. The van der Waals surface area contributed by atoms with E-state index in [1.54, 1.807) is 0 Å². The van der Waals surface area contributed by atoms with Crippen LogP contribution in [0.4, 0.5) is 0 Å². The number of carbonyl (C=O) groups is 1. The van der Waals surface area contributed by atoms with E-state index in [1.165, 1.54) is 6.92 Å². The van der Waals surface area contributed by atoms with Gasteiger partial charge >= 0.3 is 0 Å². The van der Waals surface area contributed by atoms with Gasteiger partial charge in [-0.15, -0.1) is 0 Å². The second-order valence-corrected chi connectivity index (χ2v) is 3.28. The minimum absolute atomic E-state index is 0.0642. The van der Waals surface area contributed by atoms with Gasteiger partial charge in [-0.1, -0.05) is 0 Å². The van der Waals surface area contributed by atoms with Crippen LogP contribution in [0.5, 0.6) is 0 Å². The lowest BCUT2D eigenvalue weighted by molar-refractivity contribution is -0.121. The highest BCUT2D eigenvalue weighted by atomic mass is 16.6. The Morgan fingerprint density at radius 1 is 1.31 bits per heavy atom. The van der Waals surface area contributed by atoms with Crippen LogP contribution in [0.1, 0.15) is 13.3 Å². The van der Waals surface area contributed by atoms with E-state index in [0.29, 0.717) is 0 Å². The molecule has 0 aromatic rings. The van der Waals surface area contributed by atoms with Gasteiger partial charge in [-0.3, -0.25) is 4.79 Å². The van der Waals surface area contributed by atoms with Crippen molar-refractivity contribution >= 4 is 5.78 Å². The van der Waals surface area contributed by atoms with Gasteiger partial charge in [-0.25, -0.2) is 0 Å². The Labute approximate surface area is 75.9 Å². The van der Waals surface area contributed by atoms with Crippen LogP contribution < -0.4 is 0 Å². The van der Waals surface area contributed by atoms with Gasteiger partial charge in [0.1, 0.15) is 24.1 Å². The molecule has 0 amide bonds. The summed E-state index contributed by atoms with van der Waals surface area (Å²) in [5, 5.41) is 27.4. The Morgan fingerprint density at radius 3 is 2.23 bits per heavy atom. The summed E-state index contributed by atoms with van der Waals surface area (Å²) in [4.78, 5) is 10.7. The molecule has 0 bridgehead atoms. The van der Waals surface area contributed by atoms with E-state index in [2.05, 4.69) is 0 Å². The normalized spacial score (nSPS) is 39.4. The highest BCUT2D eigenvalue weighted by molar-refractivity contribution is 5.76. The number of aliphatic hydroxyl groups excluding tert-OH is 3. The fourth-order valence-corrected chi connectivity index (χ4v) is 1.43. The standard InChI is InChI=1S/C8H14O5/c1-4(10)2-5-7(11)8(12)6(3-9)13-5/h5-9,11-12H,2-3H2,1H3/t5-,6+,7-,8+/m0/s1. The topological polar surface area (TPSA) is 87.0 Å². The van der Waals surface area contributed by atoms with Gasteiger partial charge in [0, 0.05) is 6.42 Å². The van der Waals surface area contributed by atoms with E-state index in [-0.39, 0.29) is 18.8 Å². The Morgan fingerprint density at radius 2 is 1.85 bits per heavy atom. The van der Waals surface area contributed by atoms with Crippen LogP contribution in [0.25, 0.3) is 0 Å². The lowest BCUT2D eigenvalue weighted by atomic mass is 10.0. The molecule has 1 rings (SSSR count). The van der Waals surface area contributed by atoms with Gasteiger partial charge in [0.15, 0.2) is 0 Å². The van der Waals surface area contributed by atoms with Crippen molar-refractivity contribution in [1.82, 2.24) is 0 Å². The maximum absolute atomic E-state index is 10.7. The highest BCUT2D eigenvalue weighted by Crippen LogP contribution is 2.23. The molecule has 5 nitrogen and oxygen atoms in total. The first-order valence-corrected chi connectivity index (χ1v) is 4.18. The summed E-state index contributed by atoms with van der Waals surface area (Å²) in [5.74, 6) is -0.116. The van der Waals surface area contributed by atoms with Crippen molar-refractivity contribution in [3.63, 3.8) is 0 Å². The number of carbonyl (C=O) groups excluding carboxylic acids is 1. The number of ketones is 1. The predicted molar refractivity (Wildman–Crippen MR) is 43.1 cm³/mol. The second kappa shape index (κ2) is 4.15. The largest absolute Gasteiger partial charge is 0.394 e. The van der Waals surface area contributed by atoms with Gasteiger partial charge in [0.05, 0.1) is 12.7 Å². The molecule has 5 heteroatoms. The van der Waals surface area contributed by atoms with Crippen molar-refractivity contribution < 1.29 is 24.9 Å². The molecule has 4 atom stereocenters. The number of hydrogen-bond acceptors (Lipinski definition) is 5. The Bertz CT molecular complexity index is 193. The van der Waals surface area contributed by atoms with E-state index in [9.17, 15) is 15.0 Å². The quantitative estimate of drug-likeness (QED) is 0.501. The van der Waals surface area contributed by atoms with E-state index in [0.717, 1.165) is 0 Å². The Balaban J connectivity index is 2.55. The molecular weight excluding hydrogens is 176 g/mol. The predicted octanol–water partition coefficient (Wildman–Crippen LogP) is -1.55. The molecule has 3 N–H and O–H groups in total. The van der Waals surface area contributed by atoms with Crippen molar-refractivity contribution in [2.75, 3.05) is 6.61 Å². The SMILES string of the molecule is CC(=O)C[C@@H]1O[C@H](CO)[C@@H](O)[C@H]1O. The first-order valence-electron chi connectivity index (χ1n) is 4.18. The zero-order valence-corrected chi connectivity index (χ0v) is 7.38. The Hall–Kier alpha value is -0.490. The molecule has 0 aromatic carbocycles. The first-order chi connectivity index (χ1) is 6.06. The van der Waals surface area contributed by atoms with Crippen LogP contribution in [0.15, 0.2) is 0 Å². The molecule has 0 saturated carbocycles. The summed E-state index contributed by atoms with van der Waals surface area (Å²) < 4.78 is 5.08. The number of hydrogen-bond donors (Lipinski definition) is 3. The lowest BCUT2D eigenvalue weighted by Crippen LogP contribution is -2.34. The second-order valence-electron chi connectivity index (χ2n) is 3.28. The van der Waals surface area contributed by atoms with Gasteiger partial charge < -0.3 is 20.1 Å². The molecule has 1 aliphatic rings. The van der Waals surface area contributed by atoms with Crippen molar-refractivity contribution in [1.29, 1.82) is 0 Å². The minimum atomic E-state index is -1.10. The van der Waals surface area contributed by atoms with Crippen molar-refractivity contribution in [2.45, 2.75) is 37.8 Å². The van der Waals surface area contributed by atoms with Crippen molar-refractivity contribution in [2.24, 2.45) is 0 Å². The summed E-state index contributed by atoms with van der Waals surface area (Å²) in [6.45, 7) is 1.03. The summed E-state index contributed by atoms with van der Waals surface area (Å²) in [6, 6.07) is 0. The number of aliphatic hydroxyl groups is 3. The highest BCUT2D eigenvalue weighted by Gasteiger charge is 2.42. The Kier molecular flexibility index (Phi) is 3.38. The third-order valence-corrected chi connectivity index (χ3v) is 2.13. The van der Waals surface area contributed by atoms with Crippen molar-refractivity contribution in [3.8, 4) is 0 Å². The molecule has 1 saturated heterocycles. The third kappa shape index (κ3) is 2.25. The van der Waals surface area contributed by atoms with Crippen LogP contribution in [0.3, 0.4) is 0 Å². The molecule has 0 aliphatic carbocycles. The molecule has 13 heavy (non-hydrogen) atoms. The molecule has 76 valence electrons.